The Balaban J connectivity index is 2.47. The van der Waals surface area contributed by atoms with Crippen molar-refractivity contribution in [3.63, 3.8) is 0 Å². The van der Waals surface area contributed by atoms with Gasteiger partial charge in [0.05, 0.1) is 18.7 Å². The van der Waals surface area contributed by atoms with Gasteiger partial charge in [-0.1, -0.05) is 18.2 Å². The topological polar surface area (TPSA) is 45.9 Å². The molecule has 0 fully saturated rings. The fraction of sp³-hybridized carbons (Fsp3) is 0.0769. The van der Waals surface area contributed by atoms with Crippen LogP contribution in [0.1, 0.15) is 5.56 Å². The van der Waals surface area contributed by atoms with Gasteiger partial charge in [0.15, 0.2) is 0 Å². The highest BCUT2D eigenvalue weighted by Gasteiger charge is 2.04. The van der Waals surface area contributed by atoms with Crippen molar-refractivity contribution in [1.29, 1.82) is 5.26 Å². The van der Waals surface area contributed by atoms with Gasteiger partial charge in [0.25, 0.3) is 0 Å². The van der Waals surface area contributed by atoms with Gasteiger partial charge in [-0.3, -0.25) is 0 Å². The molecule has 2 rings (SSSR count). The smallest absolute Gasteiger partial charge is 0.212 e. The highest BCUT2D eigenvalue weighted by molar-refractivity contribution is 5.69. The van der Waals surface area contributed by atoms with Gasteiger partial charge in [0, 0.05) is 23.4 Å². The Kier molecular flexibility index (Phi) is 2.84. The molecule has 16 heavy (non-hydrogen) atoms. The van der Waals surface area contributed by atoms with Gasteiger partial charge in [0.2, 0.25) is 5.88 Å². The predicted molar refractivity (Wildman–Crippen MR) is 60.9 cm³/mol. The number of pyridine rings is 1. The Bertz CT molecular complexity index is 526. The van der Waals surface area contributed by atoms with Gasteiger partial charge in [-0.15, -0.1) is 0 Å². The molecule has 0 bridgehead atoms. The Hall–Kier alpha value is -2.34. The van der Waals surface area contributed by atoms with E-state index in [1.54, 1.807) is 25.4 Å². The Morgan fingerprint density at radius 2 is 2.00 bits per heavy atom. The van der Waals surface area contributed by atoms with Crippen LogP contribution in [-0.2, 0) is 0 Å². The van der Waals surface area contributed by atoms with E-state index in [-0.39, 0.29) is 0 Å². The second kappa shape index (κ2) is 4.45. The molecule has 78 valence electrons. The number of nitrogens with zero attached hydrogens (tertiary/aromatic N) is 2. The fourth-order valence-corrected chi connectivity index (χ4v) is 1.49. The monoisotopic (exact) mass is 210 g/mol. The van der Waals surface area contributed by atoms with Crippen LogP contribution < -0.4 is 4.74 Å². The molecule has 0 saturated carbocycles. The molecule has 0 atom stereocenters. The van der Waals surface area contributed by atoms with Gasteiger partial charge in [0.1, 0.15) is 0 Å². The molecule has 0 spiro atoms. The van der Waals surface area contributed by atoms with Crippen molar-refractivity contribution < 1.29 is 4.74 Å². The van der Waals surface area contributed by atoms with Crippen molar-refractivity contribution >= 4 is 0 Å². The van der Waals surface area contributed by atoms with E-state index in [1.165, 1.54) is 0 Å². The minimum Gasteiger partial charge on any atom is -0.481 e. The van der Waals surface area contributed by atoms with Crippen LogP contribution >= 0.6 is 0 Å². The highest BCUT2D eigenvalue weighted by Crippen LogP contribution is 2.23. The molecular formula is C13H10N2O. The summed E-state index contributed by atoms with van der Waals surface area (Å²) in [6.07, 6.45) is 1.70. The van der Waals surface area contributed by atoms with Crippen LogP contribution in [0.25, 0.3) is 11.1 Å². The van der Waals surface area contributed by atoms with Gasteiger partial charge in [-0.05, 0) is 12.1 Å². The first-order valence-corrected chi connectivity index (χ1v) is 4.84. The molecule has 0 aliphatic rings. The van der Waals surface area contributed by atoms with Crippen molar-refractivity contribution in [1.82, 2.24) is 4.98 Å². The van der Waals surface area contributed by atoms with Gasteiger partial charge < -0.3 is 4.74 Å². The molecule has 0 saturated heterocycles. The van der Waals surface area contributed by atoms with E-state index in [4.69, 9.17) is 10.00 Å². The van der Waals surface area contributed by atoms with E-state index in [0.29, 0.717) is 11.4 Å². The van der Waals surface area contributed by atoms with Crippen LogP contribution in [-0.4, -0.2) is 12.1 Å². The number of nitriles is 1. The van der Waals surface area contributed by atoms with E-state index < -0.39 is 0 Å². The number of rotatable bonds is 2. The molecule has 1 heterocycles. The quantitative estimate of drug-likeness (QED) is 0.765. The molecule has 3 nitrogen and oxygen atoms in total. The van der Waals surface area contributed by atoms with E-state index in [9.17, 15) is 0 Å². The second-order valence-corrected chi connectivity index (χ2v) is 3.25. The average molecular weight is 210 g/mol. The lowest BCUT2D eigenvalue weighted by atomic mass is 10.0. The maximum absolute atomic E-state index is 8.99. The van der Waals surface area contributed by atoms with Crippen LogP contribution in [0.2, 0.25) is 0 Å². The SMILES string of the molecule is COc1ccc(-c2ccccc2C#N)cn1. The van der Waals surface area contributed by atoms with Crippen LogP contribution in [0.15, 0.2) is 42.6 Å². The van der Waals surface area contributed by atoms with E-state index >= 15 is 0 Å². The summed E-state index contributed by atoms with van der Waals surface area (Å²) in [7, 11) is 1.57. The second-order valence-electron chi connectivity index (χ2n) is 3.25. The van der Waals surface area contributed by atoms with Gasteiger partial charge >= 0.3 is 0 Å². The summed E-state index contributed by atoms with van der Waals surface area (Å²) in [6, 6.07) is 13.3. The zero-order valence-electron chi connectivity index (χ0n) is 8.84. The Morgan fingerprint density at radius 1 is 1.19 bits per heavy atom. The molecule has 1 aromatic heterocycles. The molecule has 0 unspecified atom stereocenters. The first kappa shape index (κ1) is 10.2. The van der Waals surface area contributed by atoms with Gasteiger partial charge in [-0.25, -0.2) is 4.98 Å². The molecule has 0 N–H and O–H groups in total. The molecular weight excluding hydrogens is 200 g/mol. The van der Waals surface area contributed by atoms with Crippen molar-refractivity contribution in [3.05, 3.63) is 48.2 Å². The number of ether oxygens (including phenoxy) is 1. The molecule has 2 aromatic rings. The number of benzene rings is 1. The third kappa shape index (κ3) is 1.86. The highest BCUT2D eigenvalue weighted by atomic mass is 16.5. The third-order valence-electron chi connectivity index (χ3n) is 2.30. The van der Waals surface area contributed by atoms with E-state index in [1.807, 2.05) is 24.3 Å². The standard InChI is InChI=1S/C13H10N2O/c1-16-13-7-6-11(9-15-13)12-5-3-2-4-10(12)8-14/h2-7,9H,1H3. The van der Waals surface area contributed by atoms with Crippen LogP contribution in [0, 0.1) is 11.3 Å². The van der Waals surface area contributed by atoms with Crippen molar-refractivity contribution in [2.75, 3.05) is 7.11 Å². The lowest BCUT2D eigenvalue weighted by Crippen LogP contribution is -1.88. The average Bonchev–Trinajstić information content (AvgIpc) is 2.39. The van der Waals surface area contributed by atoms with Gasteiger partial charge in [-0.2, -0.15) is 5.26 Å². The molecule has 0 aliphatic carbocycles. The zero-order valence-corrected chi connectivity index (χ0v) is 8.84. The molecule has 1 aromatic carbocycles. The predicted octanol–water partition coefficient (Wildman–Crippen LogP) is 2.63. The summed E-state index contributed by atoms with van der Waals surface area (Å²) >= 11 is 0. The summed E-state index contributed by atoms with van der Waals surface area (Å²) in [5.41, 5.74) is 2.45. The number of aromatic nitrogens is 1. The third-order valence-corrected chi connectivity index (χ3v) is 2.30. The molecule has 0 amide bonds. The Labute approximate surface area is 93.9 Å². The zero-order chi connectivity index (χ0) is 11.4. The minimum atomic E-state index is 0.568. The van der Waals surface area contributed by atoms with E-state index in [0.717, 1.165) is 11.1 Å². The molecule has 3 heteroatoms. The summed E-state index contributed by atoms with van der Waals surface area (Å²) in [5, 5.41) is 8.99. The van der Waals surface area contributed by atoms with E-state index in [2.05, 4.69) is 11.1 Å². The maximum Gasteiger partial charge on any atom is 0.212 e. The normalized spacial score (nSPS) is 9.50. The van der Waals surface area contributed by atoms with Crippen LogP contribution in [0.4, 0.5) is 0 Å². The summed E-state index contributed by atoms with van der Waals surface area (Å²) in [4.78, 5) is 4.12. The largest absolute Gasteiger partial charge is 0.481 e. The summed E-state index contributed by atoms with van der Waals surface area (Å²) < 4.78 is 4.99. The van der Waals surface area contributed by atoms with Crippen molar-refractivity contribution in [2.24, 2.45) is 0 Å². The lowest BCUT2D eigenvalue weighted by molar-refractivity contribution is 0.398. The van der Waals surface area contributed by atoms with Crippen LogP contribution in [0.3, 0.4) is 0 Å². The number of methoxy groups -OCH3 is 1. The number of hydrogen-bond acceptors (Lipinski definition) is 3. The summed E-state index contributed by atoms with van der Waals surface area (Å²) in [5.74, 6) is 0.568. The molecule has 0 aliphatic heterocycles. The first-order chi connectivity index (χ1) is 7.85. The van der Waals surface area contributed by atoms with Crippen molar-refractivity contribution in [2.45, 2.75) is 0 Å². The minimum absolute atomic E-state index is 0.568. The van der Waals surface area contributed by atoms with Crippen LogP contribution in [0.5, 0.6) is 5.88 Å². The Morgan fingerprint density at radius 3 is 2.62 bits per heavy atom. The van der Waals surface area contributed by atoms with Crippen molar-refractivity contribution in [3.8, 4) is 23.1 Å². The fourth-order valence-electron chi connectivity index (χ4n) is 1.49. The number of hydrogen-bond donors (Lipinski definition) is 0. The molecule has 0 radical (unpaired) electrons. The summed E-state index contributed by atoms with van der Waals surface area (Å²) in [6.45, 7) is 0. The lowest BCUT2D eigenvalue weighted by Gasteiger charge is -2.04. The maximum atomic E-state index is 8.99. The first-order valence-electron chi connectivity index (χ1n) is 4.84.